The third-order valence-corrected chi connectivity index (χ3v) is 5.66. The minimum absolute atomic E-state index is 0.404. The molecule has 1 aliphatic heterocycles. The van der Waals surface area contributed by atoms with Crippen LogP contribution in [0.4, 0.5) is 13.6 Å². The Balaban J connectivity index is 1.59. The summed E-state index contributed by atoms with van der Waals surface area (Å²) in [6, 6.07) is 6.50. The zero-order valence-corrected chi connectivity index (χ0v) is 15.5. The third-order valence-electron chi connectivity index (χ3n) is 5.66. The first-order valence-corrected chi connectivity index (χ1v) is 9.38. The fourth-order valence-electron chi connectivity index (χ4n) is 3.70. The molecule has 0 bridgehead atoms. The van der Waals surface area contributed by atoms with E-state index in [1.807, 2.05) is 0 Å². The Morgan fingerprint density at radius 1 is 1.19 bits per heavy atom. The summed E-state index contributed by atoms with van der Waals surface area (Å²) in [5, 5.41) is 2.46. The predicted molar refractivity (Wildman–Crippen MR) is 96.5 cm³/mol. The first kappa shape index (κ1) is 19.6. The number of benzene rings is 1. The van der Waals surface area contributed by atoms with Crippen molar-refractivity contribution in [3.05, 3.63) is 35.9 Å². The summed E-state index contributed by atoms with van der Waals surface area (Å²) in [5.41, 5.74) is 0.879. The van der Waals surface area contributed by atoms with E-state index in [2.05, 4.69) is 10.1 Å². The number of esters is 1. The van der Waals surface area contributed by atoms with E-state index in [1.165, 1.54) is 12.8 Å². The summed E-state index contributed by atoms with van der Waals surface area (Å²) in [6.07, 6.45) is 3.00. The van der Waals surface area contributed by atoms with Crippen molar-refractivity contribution in [2.75, 3.05) is 20.2 Å². The molecular formula is C20H26F2N2O3. The van der Waals surface area contributed by atoms with E-state index in [9.17, 15) is 18.4 Å². The van der Waals surface area contributed by atoms with E-state index in [0.717, 1.165) is 20.0 Å². The standard InChI is InChI=1S/C20H26F2N2O3/c1-27-17(25)16(14-20(21,22)13-15-5-3-2-4-6-15)23-18(26)24-11-9-19(7-8-19)10-12-24/h2-6,16H,7-14H2,1H3,(H,23,26)/t16-/m0/s1. The summed E-state index contributed by atoms with van der Waals surface area (Å²) in [4.78, 5) is 26.1. The SMILES string of the molecule is COC(=O)[C@H](CC(F)(F)Cc1ccccc1)NC(=O)N1CCC2(CC1)CC2. The molecule has 5 nitrogen and oxygen atoms in total. The molecule has 1 aliphatic carbocycles. The highest BCUT2D eigenvalue weighted by Gasteiger charge is 2.45. The molecule has 27 heavy (non-hydrogen) atoms. The van der Waals surface area contributed by atoms with Crippen LogP contribution in [0.1, 0.15) is 37.7 Å². The van der Waals surface area contributed by atoms with Gasteiger partial charge in [0, 0.05) is 25.9 Å². The van der Waals surface area contributed by atoms with Gasteiger partial charge in [-0.15, -0.1) is 0 Å². The van der Waals surface area contributed by atoms with Crippen molar-refractivity contribution in [3.63, 3.8) is 0 Å². The Bertz CT molecular complexity index is 667. The Kier molecular flexibility index (Phi) is 5.67. The molecule has 1 aromatic rings. The minimum Gasteiger partial charge on any atom is -0.467 e. The molecule has 1 heterocycles. The minimum atomic E-state index is -3.15. The van der Waals surface area contributed by atoms with Crippen molar-refractivity contribution in [2.45, 2.75) is 50.5 Å². The van der Waals surface area contributed by atoms with Crippen LogP contribution < -0.4 is 5.32 Å². The van der Waals surface area contributed by atoms with Crippen molar-refractivity contribution >= 4 is 12.0 Å². The summed E-state index contributed by atoms with van der Waals surface area (Å²) < 4.78 is 33.6. The summed E-state index contributed by atoms with van der Waals surface area (Å²) in [6.45, 7) is 1.19. The lowest BCUT2D eigenvalue weighted by molar-refractivity contribution is -0.145. The number of alkyl halides is 2. The molecule has 2 aliphatic rings. The molecule has 1 aromatic carbocycles. The second kappa shape index (κ2) is 7.82. The summed E-state index contributed by atoms with van der Waals surface area (Å²) in [5.74, 6) is -4.00. The van der Waals surface area contributed by atoms with E-state index in [0.29, 0.717) is 24.1 Å². The molecule has 1 saturated heterocycles. The Morgan fingerprint density at radius 2 is 1.81 bits per heavy atom. The fraction of sp³-hybridized carbons (Fsp3) is 0.600. The lowest BCUT2D eigenvalue weighted by Crippen LogP contribution is -2.52. The summed E-state index contributed by atoms with van der Waals surface area (Å²) in [7, 11) is 1.13. The highest BCUT2D eigenvalue weighted by atomic mass is 19.3. The second-order valence-corrected chi connectivity index (χ2v) is 7.73. The number of nitrogens with zero attached hydrogens (tertiary/aromatic N) is 1. The van der Waals surface area contributed by atoms with Gasteiger partial charge in [0.25, 0.3) is 5.92 Å². The van der Waals surface area contributed by atoms with Crippen LogP contribution in [0.15, 0.2) is 30.3 Å². The molecule has 0 unspecified atom stereocenters. The van der Waals surface area contributed by atoms with Crippen LogP contribution in [0.25, 0.3) is 0 Å². The van der Waals surface area contributed by atoms with Crippen molar-refractivity contribution < 1.29 is 23.1 Å². The van der Waals surface area contributed by atoms with Crippen LogP contribution in [0.2, 0.25) is 0 Å². The molecule has 7 heteroatoms. The Labute approximate surface area is 158 Å². The molecule has 148 valence electrons. The first-order chi connectivity index (χ1) is 12.8. The lowest BCUT2D eigenvalue weighted by atomic mass is 9.94. The van der Waals surface area contributed by atoms with Crippen LogP contribution in [0.3, 0.4) is 0 Å². The molecule has 3 rings (SSSR count). The van der Waals surface area contributed by atoms with Gasteiger partial charge in [-0.2, -0.15) is 0 Å². The number of ether oxygens (including phenoxy) is 1. The average Bonchev–Trinajstić information content (AvgIpc) is 3.40. The summed E-state index contributed by atoms with van der Waals surface area (Å²) >= 11 is 0. The topological polar surface area (TPSA) is 58.6 Å². The van der Waals surface area contributed by atoms with Gasteiger partial charge in [0.1, 0.15) is 6.04 Å². The van der Waals surface area contributed by atoms with E-state index < -0.39 is 36.8 Å². The molecule has 1 atom stereocenters. The largest absolute Gasteiger partial charge is 0.467 e. The maximum atomic E-state index is 14.5. The average molecular weight is 380 g/mol. The van der Waals surface area contributed by atoms with Crippen LogP contribution in [-0.2, 0) is 16.0 Å². The zero-order chi connectivity index (χ0) is 19.5. The molecule has 2 fully saturated rings. The van der Waals surface area contributed by atoms with Gasteiger partial charge in [0.2, 0.25) is 0 Å². The van der Waals surface area contributed by atoms with E-state index >= 15 is 0 Å². The van der Waals surface area contributed by atoms with Gasteiger partial charge in [-0.25, -0.2) is 18.4 Å². The number of carbonyl (C=O) groups excluding carboxylic acids is 2. The molecule has 1 N–H and O–H groups in total. The zero-order valence-electron chi connectivity index (χ0n) is 15.5. The molecule has 1 saturated carbocycles. The number of carbonyl (C=O) groups is 2. The van der Waals surface area contributed by atoms with Gasteiger partial charge < -0.3 is 15.0 Å². The maximum absolute atomic E-state index is 14.5. The second-order valence-electron chi connectivity index (χ2n) is 7.73. The number of hydrogen-bond donors (Lipinski definition) is 1. The van der Waals surface area contributed by atoms with Crippen molar-refractivity contribution in [3.8, 4) is 0 Å². The molecule has 1 spiro atoms. The van der Waals surface area contributed by atoms with Gasteiger partial charge in [0.15, 0.2) is 0 Å². The van der Waals surface area contributed by atoms with Crippen molar-refractivity contribution in [2.24, 2.45) is 5.41 Å². The van der Waals surface area contributed by atoms with Gasteiger partial charge in [-0.3, -0.25) is 0 Å². The van der Waals surface area contributed by atoms with E-state index in [4.69, 9.17) is 0 Å². The van der Waals surface area contributed by atoms with Gasteiger partial charge in [-0.1, -0.05) is 30.3 Å². The predicted octanol–water partition coefficient (Wildman–Crippen LogP) is 3.38. The maximum Gasteiger partial charge on any atom is 0.328 e. The molecule has 2 amide bonds. The van der Waals surface area contributed by atoms with E-state index in [1.54, 1.807) is 35.2 Å². The quantitative estimate of drug-likeness (QED) is 0.770. The van der Waals surface area contributed by atoms with Gasteiger partial charge in [0.05, 0.1) is 7.11 Å². The lowest BCUT2D eigenvalue weighted by Gasteiger charge is -2.33. The highest BCUT2D eigenvalue weighted by molar-refractivity contribution is 5.83. The monoisotopic (exact) mass is 380 g/mol. The van der Waals surface area contributed by atoms with Crippen molar-refractivity contribution in [1.29, 1.82) is 0 Å². The van der Waals surface area contributed by atoms with Crippen molar-refractivity contribution in [1.82, 2.24) is 10.2 Å². The Hall–Kier alpha value is -2.18. The van der Waals surface area contributed by atoms with Crippen LogP contribution in [-0.4, -0.2) is 49.1 Å². The molecular weight excluding hydrogens is 354 g/mol. The van der Waals surface area contributed by atoms with Gasteiger partial charge >= 0.3 is 12.0 Å². The number of piperidine rings is 1. The number of amides is 2. The smallest absolute Gasteiger partial charge is 0.328 e. The Morgan fingerprint density at radius 3 is 2.37 bits per heavy atom. The number of rotatable bonds is 6. The number of urea groups is 1. The van der Waals surface area contributed by atoms with Gasteiger partial charge in [-0.05, 0) is 36.7 Å². The molecule has 0 radical (unpaired) electrons. The third kappa shape index (κ3) is 5.17. The first-order valence-electron chi connectivity index (χ1n) is 9.38. The molecule has 0 aromatic heterocycles. The fourth-order valence-corrected chi connectivity index (χ4v) is 3.70. The number of methoxy groups -OCH3 is 1. The number of halogens is 2. The van der Waals surface area contributed by atoms with Crippen LogP contribution in [0, 0.1) is 5.41 Å². The van der Waals surface area contributed by atoms with Crippen LogP contribution in [0.5, 0.6) is 0 Å². The van der Waals surface area contributed by atoms with Crippen LogP contribution >= 0.6 is 0 Å². The van der Waals surface area contributed by atoms with E-state index in [-0.39, 0.29) is 0 Å². The number of nitrogens with one attached hydrogen (secondary N) is 1. The normalized spacial score (nSPS) is 19.4. The number of hydrogen-bond acceptors (Lipinski definition) is 3. The number of likely N-dealkylation sites (tertiary alicyclic amines) is 1. The highest BCUT2D eigenvalue weighted by Crippen LogP contribution is 2.53.